The van der Waals surface area contributed by atoms with Crippen molar-refractivity contribution < 1.29 is 4.79 Å². The Morgan fingerprint density at radius 1 is 0.773 bits per heavy atom. The predicted molar refractivity (Wildman–Crippen MR) is 86.3 cm³/mol. The van der Waals surface area contributed by atoms with E-state index in [0.29, 0.717) is 16.3 Å². The van der Waals surface area contributed by atoms with Gasteiger partial charge in [0.05, 0.1) is 5.69 Å². The summed E-state index contributed by atoms with van der Waals surface area (Å²) in [6.07, 6.45) is 0. The number of hydrogen-bond donors (Lipinski definition) is 0. The second-order valence-electron chi connectivity index (χ2n) is 5.16. The van der Waals surface area contributed by atoms with Gasteiger partial charge in [0.25, 0.3) is 11.5 Å². The van der Waals surface area contributed by atoms with Gasteiger partial charge in [-0.3, -0.25) is 9.59 Å². The van der Waals surface area contributed by atoms with Gasteiger partial charge in [0.15, 0.2) is 0 Å². The zero-order valence-corrected chi connectivity index (χ0v) is 12.2. The summed E-state index contributed by atoms with van der Waals surface area (Å²) in [5, 5.41) is 0.641. The van der Waals surface area contributed by atoms with E-state index in [-0.39, 0.29) is 11.5 Å². The van der Waals surface area contributed by atoms with Crippen molar-refractivity contribution in [2.75, 3.05) is 0 Å². The Kier molecular flexibility index (Phi) is 2.78. The number of carbonyl (C=O) groups is 1. The van der Waals surface area contributed by atoms with Crippen LogP contribution < -0.4 is 5.56 Å². The van der Waals surface area contributed by atoms with E-state index in [1.165, 1.54) is 10.6 Å². The van der Waals surface area contributed by atoms with E-state index >= 15 is 0 Å². The zero-order chi connectivity index (χ0) is 15.3. The van der Waals surface area contributed by atoms with E-state index in [1.807, 2.05) is 30.3 Å². The molecule has 1 aromatic heterocycles. The van der Waals surface area contributed by atoms with Gasteiger partial charge >= 0.3 is 0 Å². The normalized spacial score (nSPS) is 12.1. The fraction of sp³-hybridized carbons (Fsp3) is 0. The number of aromatic nitrogens is 1. The number of hydrogen-bond acceptors (Lipinski definition) is 2. The van der Waals surface area contributed by atoms with E-state index in [9.17, 15) is 9.59 Å². The van der Waals surface area contributed by atoms with Gasteiger partial charge in [-0.1, -0.05) is 41.9 Å². The predicted octanol–water partition coefficient (Wildman–Crippen LogP) is 3.84. The third-order valence-electron chi connectivity index (χ3n) is 3.85. The minimum atomic E-state index is -0.316. The zero-order valence-electron chi connectivity index (χ0n) is 11.4. The van der Waals surface area contributed by atoms with Gasteiger partial charge in [0, 0.05) is 22.2 Å². The lowest BCUT2D eigenvalue weighted by Crippen LogP contribution is -2.23. The second-order valence-corrected chi connectivity index (χ2v) is 5.60. The number of rotatable bonds is 1. The van der Waals surface area contributed by atoms with Gasteiger partial charge in [-0.15, -0.1) is 0 Å². The molecule has 0 unspecified atom stereocenters. The first-order chi connectivity index (χ1) is 10.6. The van der Waals surface area contributed by atoms with E-state index in [2.05, 4.69) is 0 Å². The third-order valence-corrected chi connectivity index (χ3v) is 4.10. The summed E-state index contributed by atoms with van der Waals surface area (Å²) in [6.45, 7) is 0. The molecule has 0 atom stereocenters. The molecule has 0 N–H and O–H groups in total. The van der Waals surface area contributed by atoms with E-state index < -0.39 is 0 Å². The molecule has 0 bridgehead atoms. The third kappa shape index (κ3) is 1.83. The van der Waals surface area contributed by atoms with Gasteiger partial charge in [-0.25, -0.2) is 4.57 Å². The van der Waals surface area contributed by atoms with Crippen LogP contribution in [0.15, 0.2) is 65.5 Å². The van der Waals surface area contributed by atoms with Crippen molar-refractivity contribution in [3.05, 3.63) is 81.6 Å². The van der Waals surface area contributed by atoms with Crippen LogP contribution in [0.5, 0.6) is 0 Å². The summed E-state index contributed by atoms with van der Waals surface area (Å²) < 4.78 is 1.23. The Morgan fingerprint density at radius 2 is 1.45 bits per heavy atom. The molecule has 0 radical (unpaired) electrons. The van der Waals surface area contributed by atoms with Crippen LogP contribution in [0.2, 0.25) is 5.02 Å². The van der Waals surface area contributed by atoms with Crippen LogP contribution in [0, 0.1) is 0 Å². The summed E-state index contributed by atoms with van der Waals surface area (Å²) in [5.41, 5.74) is 3.34. The molecule has 0 fully saturated rings. The van der Waals surface area contributed by atoms with Crippen molar-refractivity contribution in [3.8, 4) is 22.4 Å². The standard InChI is InChI=1S/C18H10ClNO2/c19-13-7-5-11(6-8-13)12-9-16-14-3-1-2-4-15(14)18(22)20(16)17(21)10-12/h1-10H. The van der Waals surface area contributed by atoms with E-state index in [0.717, 1.165) is 16.7 Å². The highest BCUT2D eigenvalue weighted by molar-refractivity contribution is 6.30. The molecule has 1 aliphatic rings. The highest BCUT2D eigenvalue weighted by atomic mass is 35.5. The molecule has 2 aromatic carbocycles. The SMILES string of the molecule is O=C1c2ccccc2-c2cc(-c3ccc(Cl)cc3)cc(=O)n21. The molecule has 0 amide bonds. The minimum Gasteiger partial charge on any atom is -0.269 e. The molecule has 2 heterocycles. The van der Waals surface area contributed by atoms with Crippen LogP contribution in [0.25, 0.3) is 22.4 Å². The maximum Gasteiger partial charge on any atom is 0.266 e. The molecular formula is C18H10ClNO2. The smallest absolute Gasteiger partial charge is 0.266 e. The van der Waals surface area contributed by atoms with Gasteiger partial charge in [0.2, 0.25) is 0 Å². The average Bonchev–Trinajstić information content (AvgIpc) is 2.82. The molecule has 0 saturated carbocycles. The quantitative estimate of drug-likeness (QED) is 0.536. The molecular weight excluding hydrogens is 298 g/mol. The topological polar surface area (TPSA) is 39.1 Å². The molecule has 4 rings (SSSR count). The summed E-state index contributed by atoms with van der Waals surface area (Å²) in [5.74, 6) is -0.266. The van der Waals surface area contributed by atoms with Crippen LogP contribution >= 0.6 is 11.6 Å². The molecule has 1 aliphatic heterocycles. The summed E-state index contributed by atoms with van der Waals surface area (Å²) in [4.78, 5) is 24.7. The Labute approximate surface area is 131 Å². The van der Waals surface area contributed by atoms with Crippen LogP contribution in [0.4, 0.5) is 0 Å². The molecule has 0 aliphatic carbocycles. The van der Waals surface area contributed by atoms with Crippen LogP contribution in [-0.4, -0.2) is 10.5 Å². The molecule has 106 valence electrons. The lowest BCUT2D eigenvalue weighted by atomic mass is 10.0. The molecule has 0 saturated heterocycles. The Morgan fingerprint density at radius 3 is 2.18 bits per heavy atom. The number of halogens is 1. The molecule has 0 spiro atoms. The van der Waals surface area contributed by atoms with Gasteiger partial charge in [-0.05, 0) is 35.4 Å². The van der Waals surface area contributed by atoms with Crippen molar-refractivity contribution in [2.24, 2.45) is 0 Å². The lowest BCUT2D eigenvalue weighted by molar-refractivity contribution is 0.0965. The van der Waals surface area contributed by atoms with Crippen LogP contribution in [0.3, 0.4) is 0 Å². The molecule has 3 nitrogen and oxygen atoms in total. The van der Waals surface area contributed by atoms with Crippen LogP contribution in [0.1, 0.15) is 10.4 Å². The lowest BCUT2D eigenvalue weighted by Gasteiger charge is -2.06. The van der Waals surface area contributed by atoms with Crippen molar-refractivity contribution in [1.29, 1.82) is 0 Å². The Hall–Kier alpha value is -2.65. The largest absolute Gasteiger partial charge is 0.269 e. The Balaban J connectivity index is 1.98. The van der Waals surface area contributed by atoms with Gasteiger partial charge in [-0.2, -0.15) is 0 Å². The second kappa shape index (κ2) is 4.68. The number of carbonyl (C=O) groups excluding carboxylic acids is 1. The average molecular weight is 308 g/mol. The summed E-state index contributed by atoms with van der Waals surface area (Å²) in [6, 6.07) is 17.9. The molecule has 3 aromatic rings. The van der Waals surface area contributed by atoms with Crippen molar-refractivity contribution in [1.82, 2.24) is 4.57 Å². The fourth-order valence-corrected chi connectivity index (χ4v) is 2.93. The van der Waals surface area contributed by atoms with Crippen molar-refractivity contribution in [2.45, 2.75) is 0 Å². The Bertz CT molecular complexity index is 971. The monoisotopic (exact) mass is 307 g/mol. The van der Waals surface area contributed by atoms with E-state index in [4.69, 9.17) is 11.6 Å². The van der Waals surface area contributed by atoms with Crippen LogP contribution in [-0.2, 0) is 0 Å². The number of fused-ring (bicyclic) bond motifs is 3. The van der Waals surface area contributed by atoms with Crippen molar-refractivity contribution >= 4 is 17.5 Å². The maximum absolute atomic E-state index is 12.4. The maximum atomic E-state index is 12.4. The first kappa shape index (κ1) is 13.0. The van der Waals surface area contributed by atoms with Gasteiger partial charge in [0.1, 0.15) is 0 Å². The molecule has 4 heteroatoms. The first-order valence-corrected chi connectivity index (χ1v) is 7.20. The minimum absolute atomic E-state index is 0.266. The number of nitrogens with zero attached hydrogens (tertiary/aromatic N) is 1. The van der Waals surface area contributed by atoms with Crippen molar-refractivity contribution in [3.63, 3.8) is 0 Å². The first-order valence-electron chi connectivity index (χ1n) is 6.82. The summed E-state index contributed by atoms with van der Waals surface area (Å²) >= 11 is 5.90. The van der Waals surface area contributed by atoms with Gasteiger partial charge < -0.3 is 0 Å². The van der Waals surface area contributed by atoms with E-state index in [1.54, 1.807) is 24.3 Å². The molecule has 22 heavy (non-hydrogen) atoms. The highest BCUT2D eigenvalue weighted by Crippen LogP contribution is 2.32. The number of pyridine rings is 1. The highest BCUT2D eigenvalue weighted by Gasteiger charge is 2.27. The summed E-state index contributed by atoms with van der Waals surface area (Å²) in [7, 11) is 0. The fourth-order valence-electron chi connectivity index (χ4n) is 2.80. The number of benzene rings is 2.